The minimum absolute atomic E-state index is 0.268. The minimum Gasteiger partial charge on any atom is -0.394 e. The number of aromatic amines is 1. The number of hydrogen-bond donors (Lipinski definition) is 4. The van der Waals surface area contributed by atoms with E-state index in [1.807, 2.05) is 0 Å². The van der Waals surface area contributed by atoms with Gasteiger partial charge in [-0.15, -0.1) is 0 Å². The van der Waals surface area contributed by atoms with Crippen LogP contribution in [0.1, 0.15) is 11.8 Å². The van der Waals surface area contributed by atoms with E-state index in [4.69, 9.17) is 11.5 Å². The van der Waals surface area contributed by atoms with Crippen LogP contribution in [0.3, 0.4) is 0 Å². The fraction of sp³-hybridized carbons (Fsp3) is 0.250. The Hall–Kier alpha value is -2.02. The van der Waals surface area contributed by atoms with E-state index < -0.39 is 6.10 Å². The molecule has 0 aliphatic heterocycles. The molecule has 0 bridgehead atoms. The van der Waals surface area contributed by atoms with Crippen molar-refractivity contribution in [2.75, 3.05) is 11.5 Å². The summed E-state index contributed by atoms with van der Waals surface area (Å²) in [5, 5.41) is 20.1. The lowest BCUT2D eigenvalue weighted by atomic mass is 10.2. The predicted molar refractivity (Wildman–Crippen MR) is 54.6 cm³/mol. The van der Waals surface area contributed by atoms with Crippen LogP contribution in [0.15, 0.2) is 18.5 Å². The molecule has 6 N–H and O–H groups in total. The van der Waals surface area contributed by atoms with Crippen LogP contribution in [0, 0.1) is 0 Å². The molecule has 0 saturated carbocycles. The van der Waals surface area contributed by atoms with Crippen molar-refractivity contribution in [1.82, 2.24) is 20.0 Å². The minimum atomic E-state index is -0.821. The number of aliphatic hydroxyl groups excluding tert-OH is 1. The van der Waals surface area contributed by atoms with Crippen LogP contribution in [0.5, 0.6) is 0 Å². The van der Waals surface area contributed by atoms with Crippen molar-refractivity contribution in [3.05, 3.63) is 24.2 Å². The third-order valence-electron chi connectivity index (χ3n) is 2.10. The second-order valence-electron chi connectivity index (χ2n) is 3.18. The number of hydrogen-bond acceptors (Lipinski definition) is 5. The maximum atomic E-state index is 9.81. The van der Waals surface area contributed by atoms with E-state index >= 15 is 0 Å². The Labute approximate surface area is 85.7 Å². The van der Waals surface area contributed by atoms with Gasteiger partial charge < -0.3 is 16.6 Å². The number of nitrogens with two attached hydrogens (primary N) is 2. The largest absolute Gasteiger partial charge is 0.394 e. The van der Waals surface area contributed by atoms with Gasteiger partial charge in [0.25, 0.3) is 0 Å². The molecule has 2 rings (SSSR count). The molecule has 2 heterocycles. The number of nitrogens with zero attached hydrogens (tertiary/aromatic N) is 3. The number of nitrogen functional groups attached to an aromatic ring is 2. The van der Waals surface area contributed by atoms with Gasteiger partial charge in [0.05, 0.1) is 6.54 Å². The molecule has 0 radical (unpaired) electrons. The van der Waals surface area contributed by atoms with Crippen LogP contribution in [0.4, 0.5) is 11.5 Å². The maximum absolute atomic E-state index is 9.81. The Morgan fingerprint density at radius 1 is 1.53 bits per heavy atom. The lowest BCUT2D eigenvalue weighted by Gasteiger charge is -2.08. The standard InChI is InChI=1S/C8H12N6O/c9-6-7(12-13-8(6)10)5(15)4-14-3-1-2-11-14/h1-3,5,15H,4,9H2,(H3,10,12,13). The zero-order valence-electron chi connectivity index (χ0n) is 7.96. The number of anilines is 2. The molecule has 7 heteroatoms. The second kappa shape index (κ2) is 3.62. The molecule has 0 aromatic carbocycles. The highest BCUT2D eigenvalue weighted by Crippen LogP contribution is 2.23. The first-order chi connectivity index (χ1) is 7.18. The fourth-order valence-corrected chi connectivity index (χ4v) is 1.30. The average molecular weight is 208 g/mol. The number of H-pyrrole nitrogens is 1. The third-order valence-corrected chi connectivity index (χ3v) is 2.10. The molecular weight excluding hydrogens is 196 g/mol. The zero-order chi connectivity index (χ0) is 10.8. The van der Waals surface area contributed by atoms with Crippen molar-refractivity contribution in [1.29, 1.82) is 0 Å². The van der Waals surface area contributed by atoms with Gasteiger partial charge in [-0.1, -0.05) is 0 Å². The Bertz CT molecular complexity index is 434. The molecule has 0 saturated heterocycles. The van der Waals surface area contributed by atoms with Crippen molar-refractivity contribution in [3.8, 4) is 0 Å². The van der Waals surface area contributed by atoms with Crippen molar-refractivity contribution >= 4 is 11.5 Å². The average Bonchev–Trinajstić information content (AvgIpc) is 2.79. The van der Waals surface area contributed by atoms with Gasteiger partial charge in [0, 0.05) is 12.4 Å². The Morgan fingerprint density at radius 2 is 2.33 bits per heavy atom. The van der Waals surface area contributed by atoms with Crippen molar-refractivity contribution in [3.63, 3.8) is 0 Å². The first-order valence-corrected chi connectivity index (χ1v) is 4.43. The summed E-state index contributed by atoms with van der Waals surface area (Å²) in [4.78, 5) is 0. The third kappa shape index (κ3) is 1.77. The first kappa shape index (κ1) is 9.53. The molecule has 1 unspecified atom stereocenters. The van der Waals surface area contributed by atoms with E-state index in [9.17, 15) is 5.11 Å². The van der Waals surface area contributed by atoms with E-state index in [1.165, 1.54) is 0 Å². The summed E-state index contributed by atoms with van der Waals surface area (Å²) in [6.07, 6.45) is 2.56. The van der Waals surface area contributed by atoms with E-state index in [0.717, 1.165) is 0 Å². The highest BCUT2D eigenvalue weighted by atomic mass is 16.3. The molecule has 7 nitrogen and oxygen atoms in total. The summed E-state index contributed by atoms with van der Waals surface area (Å²) < 4.78 is 1.59. The van der Waals surface area contributed by atoms with Crippen LogP contribution < -0.4 is 11.5 Å². The quantitative estimate of drug-likeness (QED) is 0.542. The number of aliphatic hydroxyl groups is 1. The first-order valence-electron chi connectivity index (χ1n) is 4.43. The molecule has 0 fully saturated rings. The van der Waals surface area contributed by atoms with Crippen LogP contribution in [0.25, 0.3) is 0 Å². The Balaban J connectivity index is 2.14. The van der Waals surface area contributed by atoms with Gasteiger partial charge in [-0.25, -0.2) is 0 Å². The molecule has 0 amide bonds. The lowest BCUT2D eigenvalue weighted by Crippen LogP contribution is -2.11. The number of nitrogens with one attached hydrogen (secondary N) is 1. The summed E-state index contributed by atoms with van der Waals surface area (Å²) in [7, 11) is 0. The normalized spacial score (nSPS) is 12.9. The molecule has 80 valence electrons. The van der Waals surface area contributed by atoms with Crippen LogP contribution in [0.2, 0.25) is 0 Å². The van der Waals surface area contributed by atoms with E-state index in [0.29, 0.717) is 12.2 Å². The second-order valence-corrected chi connectivity index (χ2v) is 3.18. The van der Waals surface area contributed by atoms with Gasteiger partial charge in [0.2, 0.25) is 0 Å². The fourth-order valence-electron chi connectivity index (χ4n) is 1.30. The molecular formula is C8H12N6O. The molecule has 2 aromatic rings. The van der Waals surface area contributed by atoms with E-state index in [1.54, 1.807) is 23.1 Å². The van der Waals surface area contributed by atoms with Crippen LogP contribution in [-0.4, -0.2) is 25.1 Å². The van der Waals surface area contributed by atoms with Gasteiger partial charge >= 0.3 is 0 Å². The molecule has 0 aliphatic rings. The Kier molecular flexibility index (Phi) is 2.30. The molecule has 0 aliphatic carbocycles. The van der Waals surface area contributed by atoms with E-state index in [-0.39, 0.29) is 11.5 Å². The molecule has 2 aromatic heterocycles. The van der Waals surface area contributed by atoms with Gasteiger partial charge in [-0.2, -0.15) is 10.2 Å². The SMILES string of the molecule is Nc1[nH]nc(C(O)Cn2cccn2)c1N. The zero-order valence-corrected chi connectivity index (χ0v) is 7.96. The molecule has 1 atom stereocenters. The van der Waals surface area contributed by atoms with E-state index in [2.05, 4.69) is 15.3 Å². The van der Waals surface area contributed by atoms with Gasteiger partial charge in [-0.05, 0) is 6.07 Å². The van der Waals surface area contributed by atoms with Crippen LogP contribution >= 0.6 is 0 Å². The molecule has 15 heavy (non-hydrogen) atoms. The highest BCUT2D eigenvalue weighted by molar-refractivity contribution is 5.61. The summed E-state index contributed by atoms with van der Waals surface area (Å²) in [5.41, 5.74) is 11.7. The maximum Gasteiger partial charge on any atom is 0.142 e. The summed E-state index contributed by atoms with van der Waals surface area (Å²) >= 11 is 0. The summed E-state index contributed by atoms with van der Waals surface area (Å²) in [6, 6.07) is 1.77. The van der Waals surface area contributed by atoms with Gasteiger partial charge in [0.1, 0.15) is 23.3 Å². The predicted octanol–water partition coefficient (Wildman–Crippen LogP) is -0.496. The summed E-state index contributed by atoms with van der Waals surface area (Å²) in [6.45, 7) is 0.293. The summed E-state index contributed by atoms with van der Waals surface area (Å²) in [5.74, 6) is 0.268. The van der Waals surface area contributed by atoms with Crippen molar-refractivity contribution < 1.29 is 5.11 Å². The van der Waals surface area contributed by atoms with Gasteiger partial charge in [-0.3, -0.25) is 9.78 Å². The van der Waals surface area contributed by atoms with Crippen molar-refractivity contribution in [2.24, 2.45) is 0 Å². The Morgan fingerprint density at radius 3 is 2.87 bits per heavy atom. The molecule has 0 spiro atoms. The topological polar surface area (TPSA) is 119 Å². The van der Waals surface area contributed by atoms with Crippen LogP contribution in [-0.2, 0) is 6.54 Å². The lowest BCUT2D eigenvalue weighted by molar-refractivity contribution is 0.147. The smallest absolute Gasteiger partial charge is 0.142 e. The monoisotopic (exact) mass is 208 g/mol. The highest BCUT2D eigenvalue weighted by Gasteiger charge is 2.17. The van der Waals surface area contributed by atoms with Crippen molar-refractivity contribution in [2.45, 2.75) is 12.6 Å². The van der Waals surface area contributed by atoms with Gasteiger partial charge in [0.15, 0.2) is 0 Å². The number of aromatic nitrogens is 4. The number of rotatable bonds is 3.